The van der Waals surface area contributed by atoms with Crippen molar-refractivity contribution in [2.75, 3.05) is 6.61 Å². The SMILES string of the molecule is CCOC(=O)C(=NO)C(C)=NNC(=O)Cc1c[nH]c2ccccc12. The molecule has 0 spiro atoms. The molecule has 3 N–H and O–H groups in total. The van der Waals surface area contributed by atoms with Crippen molar-refractivity contribution in [1.29, 1.82) is 0 Å². The number of benzene rings is 1. The van der Waals surface area contributed by atoms with E-state index in [1.807, 2.05) is 24.3 Å². The molecular weight excluding hydrogens is 312 g/mol. The molecule has 0 fully saturated rings. The number of nitrogens with zero attached hydrogens (tertiary/aromatic N) is 2. The Balaban J connectivity index is 2.03. The number of aromatic amines is 1. The van der Waals surface area contributed by atoms with Crippen molar-refractivity contribution < 1.29 is 19.5 Å². The lowest BCUT2D eigenvalue weighted by atomic mass is 10.1. The third-order valence-corrected chi connectivity index (χ3v) is 3.29. The summed E-state index contributed by atoms with van der Waals surface area (Å²) in [7, 11) is 0. The number of carbonyl (C=O) groups excluding carboxylic acids is 2. The number of rotatable bonds is 6. The van der Waals surface area contributed by atoms with Crippen LogP contribution in [0.2, 0.25) is 0 Å². The van der Waals surface area contributed by atoms with Gasteiger partial charge in [0.25, 0.3) is 0 Å². The van der Waals surface area contributed by atoms with Gasteiger partial charge in [0.05, 0.1) is 18.7 Å². The van der Waals surface area contributed by atoms with Crippen molar-refractivity contribution in [3.63, 3.8) is 0 Å². The van der Waals surface area contributed by atoms with Crippen LogP contribution in [-0.2, 0) is 20.7 Å². The number of H-pyrrole nitrogens is 1. The second-order valence-corrected chi connectivity index (χ2v) is 4.94. The summed E-state index contributed by atoms with van der Waals surface area (Å²) < 4.78 is 4.73. The van der Waals surface area contributed by atoms with Crippen molar-refractivity contribution in [2.45, 2.75) is 20.3 Å². The van der Waals surface area contributed by atoms with E-state index in [-0.39, 0.29) is 30.4 Å². The maximum atomic E-state index is 12.0. The Hall–Kier alpha value is -3.16. The molecule has 0 bridgehead atoms. The number of carbonyl (C=O) groups is 2. The van der Waals surface area contributed by atoms with Gasteiger partial charge in [0.2, 0.25) is 11.6 Å². The lowest BCUT2D eigenvalue weighted by Crippen LogP contribution is -2.28. The van der Waals surface area contributed by atoms with Crippen molar-refractivity contribution >= 4 is 34.2 Å². The Morgan fingerprint density at radius 2 is 2.08 bits per heavy atom. The molecule has 0 atom stereocenters. The Kier molecular flexibility index (Phi) is 5.67. The second-order valence-electron chi connectivity index (χ2n) is 4.94. The monoisotopic (exact) mass is 330 g/mol. The highest BCUT2D eigenvalue weighted by molar-refractivity contribution is 6.65. The smallest absolute Gasteiger partial charge is 0.362 e. The first-order valence-electron chi connectivity index (χ1n) is 7.34. The van der Waals surface area contributed by atoms with E-state index in [0.29, 0.717) is 0 Å². The van der Waals surface area contributed by atoms with Crippen LogP contribution in [0.1, 0.15) is 19.4 Å². The van der Waals surface area contributed by atoms with E-state index >= 15 is 0 Å². The van der Waals surface area contributed by atoms with Gasteiger partial charge in [0.1, 0.15) is 0 Å². The van der Waals surface area contributed by atoms with Gasteiger partial charge >= 0.3 is 5.97 Å². The van der Waals surface area contributed by atoms with E-state index in [2.05, 4.69) is 20.7 Å². The minimum absolute atomic E-state index is 0.0447. The molecule has 8 nitrogen and oxygen atoms in total. The maximum Gasteiger partial charge on any atom is 0.362 e. The van der Waals surface area contributed by atoms with E-state index in [1.165, 1.54) is 6.92 Å². The summed E-state index contributed by atoms with van der Waals surface area (Å²) in [5, 5.41) is 16.5. The number of fused-ring (bicyclic) bond motifs is 1. The maximum absolute atomic E-state index is 12.0. The molecule has 0 saturated carbocycles. The third-order valence-electron chi connectivity index (χ3n) is 3.29. The minimum atomic E-state index is -0.813. The quantitative estimate of drug-likeness (QED) is 0.323. The molecule has 0 unspecified atom stereocenters. The Morgan fingerprint density at radius 1 is 1.33 bits per heavy atom. The molecule has 24 heavy (non-hydrogen) atoms. The third kappa shape index (κ3) is 3.97. The highest BCUT2D eigenvalue weighted by Crippen LogP contribution is 2.17. The van der Waals surface area contributed by atoms with Crippen molar-refractivity contribution in [3.8, 4) is 0 Å². The average Bonchev–Trinajstić information content (AvgIpc) is 2.97. The summed E-state index contributed by atoms with van der Waals surface area (Å²) in [6, 6.07) is 7.63. The first-order chi connectivity index (χ1) is 11.6. The van der Waals surface area contributed by atoms with E-state index in [4.69, 9.17) is 9.94 Å². The number of aromatic nitrogens is 1. The predicted octanol–water partition coefficient (Wildman–Crippen LogP) is 1.60. The minimum Gasteiger partial charge on any atom is -0.461 e. The fourth-order valence-corrected chi connectivity index (χ4v) is 2.15. The number of hydrazone groups is 1. The van der Waals surface area contributed by atoms with Crippen molar-refractivity contribution in [2.24, 2.45) is 10.3 Å². The van der Waals surface area contributed by atoms with Gasteiger partial charge in [-0.2, -0.15) is 5.10 Å². The van der Waals surface area contributed by atoms with Crippen molar-refractivity contribution in [3.05, 3.63) is 36.0 Å². The Labute approximate surface area is 138 Å². The zero-order chi connectivity index (χ0) is 17.5. The lowest BCUT2D eigenvalue weighted by Gasteiger charge is -2.04. The van der Waals surface area contributed by atoms with Gasteiger partial charge in [0.15, 0.2) is 0 Å². The van der Waals surface area contributed by atoms with Gasteiger partial charge in [-0.1, -0.05) is 23.4 Å². The molecule has 0 saturated heterocycles. The van der Waals surface area contributed by atoms with E-state index < -0.39 is 5.97 Å². The molecule has 1 heterocycles. The predicted molar refractivity (Wildman–Crippen MR) is 89.1 cm³/mol. The van der Waals surface area contributed by atoms with Gasteiger partial charge in [0, 0.05) is 17.1 Å². The molecule has 8 heteroatoms. The average molecular weight is 330 g/mol. The standard InChI is InChI=1S/C16H18N4O4/c1-3-24-16(22)15(20-23)10(2)18-19-14(21)8-11-9-17-13-7-5-4-6-12(11)13/h4-7,9,17,23H,3,8H2,1-2H3,(H,19,21). The van der Waals surface area contributed by atoms with Gasteiger partial charge in [-0.25, -0.2) is 10.2 Å². The number of esters is 1. The highest BCUT2D eigenvalue weighted by Gasteiger charge is 2.17. The summed E-state index contributed by atoms with van der Waals surface area (Å²) in [6.07, 6.45) is 1.88. The number of nitrogens with one attached hydrogen (secondary N) is 2. The van der Waals surface area contributed by atoms with Crippen LogP contribution >= 0.6 is 0 Å². The molecule has 0 radical (unpaired) electrons. The molecule has 2 rings (SSSR count). The van der Waals surface area contributed by atoms with Gasteiger partial charge in [-0.15, -0.1) is 0 Å². The van der Waals surface area contributed by atoms with Crippen LogP contribution in [0.3, 0.4) is 0 Å². The van der Waals surface area contributed by atoms with Gasteiger partial charge < -0.3 is 14.9 Å². The van der Waals surface area contributed by atoms with E-state index in [9.17, 15) is 9.59 Å². The first kappa shape index (κ1) is 17.2. The second kappa shape index (κ2) is 7.91. The van der Waals surface area contributed by atoms with Crippen LogP contribution in [0.15, 0.2) is 40.7 Å². The molecule has 0 aliphatic rings. The Morgan fingerprint density at radius 3 is 2.79 bits per heavy atom. The molecule has 126 valence electrons. The largest absolute Gasteiger partial charge is 0.461 e. The summed E-state index contributed by atoms with van der Waals surface area (Å²) >= 11 is 0. The number of hydrogen-bond acceptors (Lipinski definition) is 6. The van der Waals surface area contributed by atoms with Crippen LogP contribution < -0.4 is 5.43 Å². The van der Waals surface area contributed by atoms with E-state index in [0.717, 1.165) is 16.5 Å². The Bertz CT molecular complexity index is 807. The highest BCUT2D eigenvalue weighted by atomic mass is 16.5. The molecule has 1 aromatic heterocycles. The van der Waals surface area contributed by atoms with Crippen LogP contribution in [0.25, 0.3) is 10.9 Å². The molecule has 0 aliphatic heterocycles. The summed E-state index contributed by atoms with van der Waals surface area (Å²) in [4.78, 5) is 26.7. The zero-order valence-electron chi connectivity index (χ0n) is 13.4. The summed E-state index contributed by atoms with van der Waals surface area (Å²) in [6.45, 7) is 3.19. The van der Waals surface area contributed by atoms with Crippen LogP contribution in [0.5, 0.6) is 0 Å². The fourth-order valence-electron chi connectivity index (χ4n) is 2.15. The van der Waals surface area contributed by atoms with Crippen LogP contribution in [-0.4, -0.2) is 40.1 Å². The van der Waals surface area contributed by atoms with Crippen molar-refractivity contribution in [1.82, 2.24) is 10.4 Å². The number of ether oxygens (including phenoxy) is 1. The molecule has 2 aromatic rings. The van der Waals surface area contributed by atoms with Gasteiger partial charge in [-0.05, 0) is 25.5 Å². The topological polar surface area (TPSA) is 116 Å². The molecule has 0 aliphatic carbocycles. The molecule has 1 aromatic carbocycles. The molecule has 1 amide bonds. The van der Waals surface area contributed by atoms with Crippen LogP contribution in [0, 0.1) is 0 Å². The van der Waals surface area contributed by atoms with Gasteiger partial charge in [-0.3, -0.25) is 4.79 Å². The van der Waals surface area contributed by atoms with Crippen LogP contribution in [0.4, 0.5) is 0 Å². The number of hydrogen-bond donors (Lipinski definition) is 3. The molecular formula is C16H18N4O4. The normalized spacial score (nSPS) is 12.2. The number of oxime groups is 1. The fraction of sp³-hybridized carbons (Fsp3) is 0.250. The first-order valence-corrected chi connectivity index (χ1v) is 7.34. The van der Waals surface area contributed by atoms with E-state index in [1.54, 1.807) is 13.1 Å². The summed E-state index contributed by atoms with van der Waals surface area (Å²) in [5.41, 5.74) is 3.79. The number of amides is 1. The number of para-hydroxylation sites is 1. The summed E-state index contributed by atoms with van der Waals surface area (Å²) in [5.74, 6) is -1.17. The zero-order valence-corrected chi connectivity index (χ0v) is 13.4. The lowest BCUT2D eigenvalue weighted by molar-refractivity contribution is -0.135.